The lowest BCUT2D eigenvalue weighted by molar-refractivity contribution is 0.197. The molecule has 4 nitrogen and oxygen atoms in total. The van der Waals surface area contributed by atoms with Crippen molar-refractivity contribution < 1.29 is 4.74 Å². The predicted molar refractivity (Wildman–Crippen MR) is 88.0 cm³/mol. The van der Waals surface area contributed by atoms with E-state index < -0.39 is 0 Å². The number of benzene rings is 1. The van der Waals surface area contributed by atoms with Crippen molar-refractivity contribution in [2.45, 2.75) is 19.4 Å². The number of nitrogen functional groups attached to an aromatic ring is 1. The molecule has 1 aromatic rings. The van der Waals surface area contributed by atoms with E-state index in [-0.39, 0.29) is 5.84 Å². The molecule has 3 N–H and O–H groups in total. The quantitative estimate of drug-likeness (QED) is 0.542. The highest BCUT2D eigenvalue weighted by Gasteiger charge is 2.08. The molecule has 0 fully saturated rings. The van der Waals surface area contributed by atoms with Gasteiger partial charge in [0.2, 0.25) is 0 Å². The highest BCUT2D eigenvalue weighted by atomic mass is 32.2. The third kappa shape index (κ3) is 5.84. The Labute approximate surface area is 126 Å². The van der Waals surface area contributed by atoms with Crippen LogP contribution in [0.5, 0.6) is 5.75 Å². The molecular formula is C15H25N3OS. The van der Waals surface area contributed by atoms with Crippen molar-refractivity contribution in [2.24, 2.45) is 5.73 Å². The summed E-state index contributed by atoms with van der Waals surface area (Å²) in [5.74, 6) is 2.10. The van der Waals surface area contributed by atoms with Crippen molar-refractivity contribution >= 4 is 17.6 Å². The molecule has 0 aliphatic heterocycles. The van der Waals surface area contributed by atoms with E-state index in [0.717, 1.165) is 17.9 Å². The summed E-state index contributed by atoms with van der Waals surface area (Å²) in [6, 6.07) is 7.90. The van der Waals surface area contributed by atoms with E-state index in [9.17, 15) is 0 Å². The Morgan fingerprint density at radius 3 is 2.60 bits per heavy atom. The molecule has 0 saturated carbocycles. The number of thioether (sulfide) groups is 1. The van der Waals surface area contributed by atoms with Crippen LogP contribution in [0.15, 0.2) is 24.3 Å². The maximum atomic E-state index is 7.33. The van der Waals surface area contributed by atoms with Crippen molar-refractivity contribution in [1.82, 2.24) is 4.90 Å². The van der Waals surface area contributed by atoms with Crippen molar-refractivity contribution in [2.75, 3.05) is 32.2 Å². The Morgan fingerprint density at radius 1 is 1.40 bits per heavy atom. The molecule has 0 aromatic heterocycles. The van der Waals surface area contributed by atoms with Crippen LogP contribution in [0.25, 0.3) is 0 Å². The van der Waals surface area contributed by atoms with Crippen LogP contribution in [0.3, 0.4) is 0 Å². The van der Waals surface area contributed by atoms with Crippen molar-refractivity contribution in [3.8, 4) is 5.75 Å². The average Bonchev–Trinajstić information content (AvgIpc) is 2.45. The minimum atomic E-state index is 0.0823. The zero-order chi connectivity index (χ0) is 15.0. The molecule has 1 rings (SSSR count). The minimum Gasteiger partial charge on any atom is -0.492 e. The molecule has 0 heterocycles. The van der Waals surface area contributed by atoms with Crippen molar-refractivity contribution in [3.63, 3.8) is 0 Å². The predicted octanol–water partition coefficient (Wildman–Crippen LogP) is 2.42. The minimum absolute atomic E-state index is 0.0823. The largest absolute Gasteiger partial charge is 0.492 e. The molecule has 0 radical (unpaired) electrons. The number of rotatable bonds is 9. The number of amidine groups is 1. The Hall–Kier alpha value is -1.20. The van der Waals surface area contributed by atoms with E-state index in [0.29, 0.717) is 12.6 Å². The van der Waals surface area contributed by atoms with Crippen LogP contribution >= 0.6 is 11.8 Å². The third-order valence-corrected chi connectivity index (χ3v) is 4.01. The number of hydrogen-bond acceptors (Lipinski definition) is 4. The number of nitrogens with one attached hydrogen (secondary N) is 1. The summed E-state index contributed by atoms with van der Waals surface area (Å²) < 4.78 is 5.71. The van der Waals surface area contributed by atoms with E-state index in [1.54, 1.807) is 0 Å². The van der Waals surface area contributed by atoms with E-state index in [4.69, 9.17) is 15.9 Å². The molecule has 1 atom stereocenters. The van der Waals surface area contributed by atoms with Crippen LogP contribution in [0.4, 0.5) is 0 Å². The van der Waals surface area contributed by atoms with Gasteiger partial charge in [0.25, 0.3) is 0 Å². The van der Waals surface area contributed by atoms with Crippen LogP contribution in [0.2, 0.25) is 0 Å². The molecule has 112 valence electrons. The second-order valence-electron chi connectivity index (χ2n) is 4.90. The zero-order valence-corrected chi connectivity index (χ0v) is 13.4. The number of ether oxygens (including phenoxy) is 1. The average molecular weight is 295 g/mol. The number of nitrogens with two attached hydrogens (primary N) is 1. The molecular weight excluding hydrogens is 270 g/mol. The summed E-state index contributed by atoms with van der Waals surface area (Å²) in [6.07, 6.45) is 3.34. The highest BCUT2D eigenvalue weighted by molar-refractivity contribution is 7.98. The lowest BCUT2D eigenvalue weighted by Gasteiger charge is -2.24. The van der Waals surface area contributed by atoms with Crippen molar-refractivity contribution in [1.29, 1.82) is 5.41 Å². The topological polar surface area (TPSA) is 62.3 Å². The summed E-state index contributed by atoms with van der Waals surface area (Å²) in [5.41, 5.74) is 6.13. The van der Waals surface area contributed by atoms with Gasteiger partial charge in [-0.05, 0) is 56.7 Å². The summed E-state index contributed by atoms with van der Waals surface area (Å²) in [5, 5.41) is 7.33. The third-order valence-electron chi connectivity index (χ3n) is 3.37. The smallest absolute Gasteiger partial charge is 0.122 e. The SMILES string of the molecule is CSCCC(C)N(C)CCOc1ccc(C(=N)N)cc1. The normalized spacial score (nSPS) is 12.4. The fraction of sp³-hybridized carbons (Fsp3) is 0.533. The molecule has 5 heteroatoms. The van der Waals surface area contributed by atoms with Gasteiger partial charge in [0.05, 0.1) is 0 Å². The molecule has 0 aliphatic rings. The van der Waals surface area contributed by atoms with E-state index in [1.165, 1.54) is 12.2 Å². The van der Waals surface area contributed by atoms with Gasteiger partial charge in [-0.15, -0.1) is 0 Å². The first-order chi connectivity index (χ1) is 9.54. The molecule has 0 bridgehead atoms. The van der Waals surface area contributed by atoms with Gasteiger partial charge in [-0.2, -0.15) is 11.8 Å². The number of nitrogens with zero attached hydrogens (tertiary/aromatic N) is 1. The fourth-order valence-corrected chi connectivity index (χ4v) is 2.34. The molecule has 1 aromatic carbocycles. The molecule has 0 saturated heterocycles. The summed E-state index contributed by atoms with van der Waals surface area (Å²) in [4.78, 5) is 2.32. The van der Waals surface area contributed by atoms with Gasteiger partial charge in [0.1, 0.15) is 18.2 Å². The van der Waals surface area contributed by atoms with Gasteiger partial charge in [0, 0.05) is 18.2 Å². The first-order valence-corrected chi connectivity index (χ1v) is 8.20. The number of hydrogen-bond donors (Lipinski definition) is 2. The maximum absolute atomic E-state index is 7.33. The van der Waals surface area contributed by atoms with Gasteiger partial charge in [0.15, 0.2) is 0 Å². The van der Waals surface area contributed by atoms with Crippen LogP contribution < -0.4 is 10.5 Å². The van der Waals surface area contributed by atoms with Crippen molar-refractivity contribution in [3.05, 3.63) is 29.8 Å². The lowest BCUT2D eigenvalue weighted by Crippen LogP contribution is -2.33. The Bertz CT molecular complexity index is 408. The van der Waals surface area contributed by atoms with Gasteiger partial charge in [-0.25, -0.2) is 0 Å². The van der Waals surface area contributed by atoms with Crippen LogP contribution in [-0.2, 0) is 0 Å². The summed E-state index contributed by atoms with van der Waals surface area (Å²) >= 11 is 1.89. The first kappa shape index (κ1) is 16.9. The zero-order valence-electron chi connectivity index (χ0n) is 12.6. The van der Waals surface area contributed by atoms with Gasteiger partial charge >= 0.3 is 0 Å². The monoisotopic (exact) mass is 295 g/mol. The molecule has 0 amide bonds. The highest BCUT2D eigenvalue weighted by Crippen LogP contribution is 2.12. The second kappa shape index (κ2) is 8.87. The van der Waals surface area contributed by atoms with E-state index >= 15 is 0 Å². The standard InChI is InChI=1S/C15H25N3OS/c1-12(8-11-20-3)18(2)9-10-19-14-6-4-13(5-7-14)15(16)17/h4-7,12H,8-11H2,1-3H3,(H3,16,17). The van der Waals surface area contributed by atoms with Crippen LogP contribution in [0, 0.1) is 5.41 Å². The van der Waals surface area contributed by atoms with E-state index in [1.807, 2.05) is 36.0 Å². The Kier molecular flexibility index (Phi) is 7.47. The first-order valence-electron chi connectivity index (χ1n) is 6.81. The second-order valence-corrected chi connectivity index (χ2v) is 5.88. The molecule has 0 spiro atoms. The Morgan fingerprint density at radius 2 is 2.05 bits per heavy atom. The summed E-state index contributed by atoms with van der Waals surface area (Å²) in [6.45, 7) is 3.82. The van der Waals surface area contributed by atoms with E-state index in [2.05, 4.69) is 25.1 Å². The van der Waals surface area contributed by atoms with Gasteiger partial charge < -0.3 is 15.4 Å². The maximum Gasteiger partial charge on any atom is 0.122 e. The lowest BCUT2D eigenvalue weighted by atomic mass is 10.2. The van der Waals surface area contributed by atoms with Gasteiger partial charge in [-0.1, -0.05) is 0 Å². The van der Waals surface area contributed by atoms with Crippen LogP contribution in [-0.4, -0.2) is 49.0 Å². The van der Waals surface area contributed by atoms with Gasteiger partial charge in [-0.3, -0.25) is 5.41 Å². The number of likely N-dealkylation sites (N-methyl/N-ethyl adjacent to an activating group) is 1. The fourth-order valence-electron chi connectivity index (χ4n) is 1.77. The summed E-state index contributed by atoms with van der Waals surface area (Å²) in [7, 11) is 2.13. The molecule has 20 heavy (non-hydrogen) atoms. The molecule has 1 unspecified atom stereocenters. The van der Waals surface area contributed by atoms with Crippen LogP contribution in [0.1, 0.15) is 18.9 Å². The Balaban J connectivity index is 2.31. The molecule has 0 aliphatic carbocycles.